The molecule has 94 valence electrons. The van der Waals surface area contributed by atoms with Crippen molar-refractivity contribution in [2.75, 3.05) is 0 Å². The first-order valence-electron chi connectivity index (χ1n) is 5.77. The molecule has 4 nitrogen and oxygen atoms in total. The average molecular weight is 253 g/mol. The summed E-state index contributed by atoms with van der Waals surface area (Å²) in [5.74, 6) is 0.432. The Bertz CT molecular complexity index is 590. The van der Waals surface area contributed by atoms with E-state index < -0.39 is 7.12 Å². The molecule has 0 aliphatic heterocycles. The van der Waals surface area contributed by atoms with Crippen LogP contribution in [0.5, 0.6) is 5.75 Å². The van der Waals surface area contributed by atoms with Crippen LogP contribution < -0.4 is 10.2 Å². The zero-order valence-corrected chi connectivity index (χ0v) is 10.2. The van der Waals surface area contributed by atoms with Gasteiger partial charge in [-0.15, -0.1) is 0 Å². The monoisotopic (exact) mass is 253 g/mol. The van der Waals surface area contributed by atoms with Gasteiger partial charge in [-0.05, 0) is 23.8 Å². The van der Waals surface area contributed by atoms with Crippen LogP contribution in [-0.4, -0.2) is 17.2 Å². The molecule has 0 radical (unpaired) electrons. The Kier molecular flexibility index (Phi) is 4.19. The van der Waals surface area contributed by atoms with Gasteiger partial charge in [-0.25, -0.2) is 0 Å². The van der Waals surface area contributed by atoms with Crippen LogP contribution in [0.25, 0.3) is 0 Å². The van der Waals surface area contributed by atoms with Crippen molar-refractivity contribution < 1.29 is 14.8 Å². The van der Waals surface area contributed by atoms with E-state index in [0.717, 1.165) is 5.56 Å². The highest BCUT2D eigenvalue weighted by atomic mass is 16.5. The number of para-hydroxylation sites is 1. The lowest BCUT2D eigenvalue weighted by Crippen LogP contribution is -2.31. The highest BCUT2D eigenvalue weighted by Crippen LogP contribution is 2.11. The average Bonchev–Trinajstić information content (AvgIpc) is 2.46. The molecule has 0 aliphatic carbocycles. The van der Waals surface area contributed by atoms with E-state index >= 15 is 0 Å². The molecule has 2 N–H and O–H groups in total. The Morgan fingerprint density at radius 1 is 1.05 bits per heavy atom. The van der Waals surface area contributed by atoms with Crippen molar-refractivity contribution in [3.05, 3.63) is 59.7 Å². The van der Waals surface area contributed by atoms with Crippen molar-refractivity contribution >= 4 is 12.6 Å². The fourth-order valence-corrected chi connectivity index (χ4v) is 1.66. The molecule has 0 aliphatic rings. The van der Waals surface area contributed by atoms with Gasteiger partial charge in [0, 0.05) is 5.46 Å². The predicted octanol–water partition coefficient (Wildman–Crippen LogP) is 0.817. The molecule has 0 amide bonds. The van der Waals surface area contributed by atoms with E-state index in [1.165, 1.54) is 0 Å². The molecule has 0 saturated carbocycles. The number of hydrogen-bond acceptors (Lipinski definition) is 4. The molecular weight excluding hydrogens is 241 g/mol. The van der Waals surface area contributed by atoms with Crippen LogP contribution in [0.4, 0.5) is 0 Å². The quantitative estimate of drug-likeness (QED) is 0.791. The standard InChI is InChI=1S/C14H12BNO3/c16-9-11-5-7-12(8-6-11)10-19-14-4-2-1-3-13(14)15(17)18/h1-8,17-18H,10H2. The van der Waals surface area contributed by atoms with Gasteiger partial charge in [-0.1, -0.05) is 30.3 Å². The van der Waals surface area contributed by atoms with Crippen LogP contribution in [-0.2, 0) is 6.61 Å². The molecule has 0 spiro atoms. The van der Waals surface area contributed by atoms with Gasteiger partial charge in [0.15, 0.2) is 0 Å². The molecular formula is C14H12BNO3. The lowest BCUT2D eigenvalue weighted by atomic mass is 9.79. The Morgan fingerprint density at radius 2 is 1.74 bits per heavy atom. The number of benzene rings is 2. The second-order valence-electron chi connectivity index (χ2n) is 4.01. The highest BCUT2D eigenvalue weighted by molar-refractivity contribution is 6.59. The van der Waals surface area contributed by atoms with Crippen LogP contribution in [0.2, 0.25) is 0 Å². The topological polar surface area (TPSA) is 73.5 Å². The lowest BCUT2D eigenvalue weighted by molar-refractivity contribution is 0.306. The lowest BCUT2D eigenvalue weighted by Gasteiger charge is -2.10. The number of ether oxygens (including phenoxy) is 1. The van der Waals surface area contributed by atoms with Crippen LogP contribution in [0, 0.1) is 11.3 Å². The molecule has 2 aromatic carbocycles. The summed E-state index contributed by atoms with van der Waals surface area (Å²) in [5.41, 5.74) is 1.83. The molecule has 0 saturated heterocycles. The largest absolute Gasteiger partial charge is 0.492 e. The summed E-state index contributed by atoms with van der Waals surface area (Å²) in [6.07, 6.45) is 0. The number of nitriles is 1. The van der Waals surface area contributed by atoms with Crippen molar-refractivity contribution in [1.29, 1.82) is 5.26 Å². The first-order chi connectivity index (χ1) is 9.20. The van der Waals surface area contributed by atoms with Gasteiger partial charge >= 0.3 is 7.12 Å². The van der Waals surface area contributed by atoms with E-state index in [2.05, 4.69) is 0 Å². The minimum absolute atomic E-state index is 0.301. The normalized spacial score (nSPS) is 9.74. The van der Waals surface area contributed by atoms with Gasteiger partial charge in [0.2, 0.25) is 0 Å². The molecule has 0 heterocycles. The summed E-state index contributed by atoms with van der Waals surface area (Å²) in [5, 5.41) is 27.1. The Morgan fingerprint density at radius 3 is 2.37 bits per heavy atom. The molecule has 0 bridgehead atoms. The van der Waals surface area contributed by atoms with Gasteiger partial charge in [-0.3, -0.25) is 0 Å². The zero-order chi connectivity index (χ0) is 13.7. The summed E-state index contributed by atoms with van der Waals surface area (Å²) in [6, 6.07) is 15.8. The molecule has 0 atom stereocenters. The van der Waals surface area contributed by atoms with Crippen LogP contribution in [0.1, 0.15) is 11.1 Å². The van der Waals surface area contributed by atoms with E-state index in [4.69, 9.17) is 10.00 Å². The van der Waals surface area contributed by atoms with Gasteiger partial charge in [0.1, 0.15) is 12.4 Å². The summed E-state index contributed by atoms with van der Waals surface area (Å²) >= 11 is 0. The maximum Gasteiger partial charge on any atom is 0.492 e. The van der Waals surface area contributed by atoms with Crippen molar-refractivity contribution in [3.8, 4) is 11.8 Å². The second kappa shape index (κ2) is 6.05. The first kappa shape index (κ1) is 13.2. The molecule has 0 fully saturated rings. The van der Waals surface area contributed by atoms with E-state index in [-0.39, 0.29) is 0 Å². The third kappa shape index (κ3) is 3.35. The van der Waals surface area contributed by atoms with Crippen LogP contribution in [0.15, 0.2) is 48.5 Å². The molecule has 19 heavy (non-hydrogen) atoms. The van der Waals surface area contributed by atoms with Gasteiger partial charge in [0.25, 0.3) is 0 Å². The number of rotatable bonds is 4. The molecule has 2 rings (SSSR count). The highest BCUT2D eigenvalue weighted by Gasteiger charge is 2.16. The van der Waals surface area contributed by atoms with E-state index in [0.29, 0.717) is 23.4 Å². The number of hydrogen-bond donors (Lipinski definition) is 2. The molecule has 5 heteroatoms. The van der Waals surface area contributed by atoms with Crippen molar-refractivity contribution in [1.82, 2.24) is 0 Å². The minimum Gasteiger partial charge on any atom is -0.489 e. The second-order valence-corrected chi connectivity index (χ2v) is 4.01. The first-order valence-corrected chi connectivity index (χ1v) is 5.77. The van der Waals surface area contributed by atoms with Crippen LogP contribution in [0.3, 0.4) is 0 Å². The summed E-state index contributed by atoms with van der Waals surface area (Å²) in [4.78, 5) is 0. The smallest absolute Gasteiger partial charge is 0.489 e. The Hall–Kier alpha value is -2.29. The van der Waals surface area contributed by atoms with Crippen molar-refractivity contribution in [3.63, 3.8) is 0 Å². The maximum atomic E-state index is 9.21. The van der Waals surface area contributed by atoms with E-state index in [1.54, 1.807) is 48.5 Å². The van der Waals surface area contributed by atoms with Gasteiger partial charge < -0.3 is 14.8 Å². The van der Waals surface area contributed by atoms with Gasteiger partial charge in [0.05, 0.1) is 11.6 Å². The van der Waals surface area contributed by atoms with Crippen molar-refractivity contribution in [2.24, 2.45) is 0 Å². The fraction of sp³-hybridized carbons (Fsp3) is 0.0714. The summed E-state index contributed by atoms with van der Waals surface area (Å²) < 4.78 is 5.56. The Balaban J connectivity index is 2.08. The SMILES string of the molecule is N#Cc1ccc(COc2ccccc2B(O)O)cc1. The molecule has 2 aromatic rings. The molecule has 0 unspecified atom stereocenters. The van der Waals surface area contributed by atoms with Gasteiger partial charge in [-0.2, -0.15) is 5.26 Å². The third-order valence-electron chi connectivity index (χ3n) is 2.67. The maximum absolute atomic E-state index is 9.21. The zero-order valence-electron chi connectivity index (χ0n) is 10.2. The third-order valence-corrected chi connectivity index (χ3v) is 2.67. The van der Waals surface area contributed by atoms with E-state index in [1.807, 2.05) is 6.07 Å². The fourth-order valence-electron chi connectivity index (χ4n) is 1.66. The molecule has 0 aromatic heterocycles. The summed E-state index contributed by atoms with van der Waals surface area (Å²) in [6.45, 7) is 0.301. The van der Waals surface area contributed by atoms with Crippen LogP contribution >= 0.6 is 0 Å². The summed E-state index contributed by atoms with van der Waals surface area (Å²) in [7, 11) is -1.56. The Labute approximate surface area is 111 Å². The van der Waals surface area contributed by atoms with E-state index in [9.17, 15) is 10.0 Å². The minimum atomic E-state index is -1.56. The van der Waals surface area contributed by atoms with Crippen molar-refractivity contribution in [2.45, 2.75) is 6.61 Å². The predicted molar refractivity (Wildman–Crippen MR) is 71.8 cm³/mol. The number of nitrogens with zero attached hydrogens (tertiary/aromatic N) is 1.